The summed E-state index contributed by atoms with van der Waals surface area (Å²) < 4.78 is 17.0. The fraction of sp³-hybridized carbons (Fsp3) is 0.190. The van der Waals surface area contributed by atoms with Gasteiger partial charge >= 0.3 is 0 Å². The molecule has 0 N–H and O–H groups in total. The number of hydrogen-bond acceptors (Lipinski definition) is 8. The number of thiazole rings is 1. The Morgan fingerprint density at radius 1 is 0.967 bits per heavy atom. The maximum atomic E-state index is 5.88. The van der Waals surface area contributed by atoms with Gasteiger partial charge in [-0.2, -0.15) is 0 Å². The van der Waals surface area contributed by atoms with Gasteiger partial charge < -0.3 is 13.9 Å². The highest BCUT2D eigenvalue weighted by Gasteiger charge is 2.10. The highest BCUT2D eigenvalue weighted by molar-refractivity contribution is 7.98. The van der Waals surface area contributed by atoms with Crippen LogP contribution in [0, 0.1) is 6.92 Å². The second kappa shape index (κ2) is 9.97. The molecule has 0 bridgehead atoms. The van der Waals surface area contributed by atoms with Gasteiger partial charge in [-0.25, -0.2) is 4.98 Å². The summed E-state index contributed by atoms with van der Waals surface area (Å²) in [7, 11) is 0. The summed E-state index contributed by atoms with van der Waals surface area (Å²) in [5.74, 6) is 2.60. The van der Waals surface area contributed by atoms with E-state index in [1.807, 2.05) is 48.7 Å². The minimum Gasteiger partial charge on any atom is -0.486 e. The van der Waals surface area contributed by atoms with E-state index in [4.69, 9.17) is 25.5 Å². The van der Waals surface area contributed by atoms with Gasteiger partial charge in [-0.3, -0.25) is 0 Å². The van der Waals surface area contributed by atoms with Crippen molar-refractivity contribution >= 4 is 34.7 Å². The molecule has 0 atom stereocenters. The Bertz CT molecular complexity index is 994. The Balaban J connectivity index is 1.23. The van der Waals surface area contributed by atoms with Crippen molar-refractivity contribution in [1.82, 2.24) is 15.2 Å². The van der Waals surface area contributed by atoms with Gasteiger partial charge in [-0.1, -0.05) is 41.1 Å². The molecule has 30 heavy (non-hydrogen) atoms. The van der Waals surface area contributed by atoms with Crippen LogP contribution in [0.5, 0.6) is 11.5 Å². The number of thioether (sulfide) groups is 1. The number of ether oxygens (including phenoxy) is 2. The average molecular weight is 460 g/mol. The molecule has 0 saturated heterocycles. The third-order valence-electron chi connectivity index (χ3n) is 3.95. The first-order chi connectivity index (χ1) is 14.6. The zero-order chi connectivity index (χ0) is 20.8. The van der Waals surface area contributed by atoms with Gasteiger partial charge in [-0.15, -0.1) is 21.5 Å². The standard InChI is InChI=1S/C21H18ClN3O3S2/c1-14-2-6-17(7-3-14)26-10-19-24-25-21(28-19)30-13-16-12-29-20(23-16)11-27-18-8-4-15(22)5-9-18/h2-9,12H,10-11,13H2,1H3. The zero-order valence-electron chi connectivity index (χ0n) is 16.1. The lowest BCUT2D eigenvalue weighted by Crippen LogP contribution is -1.95. The third-order valence-corrected chi connectivity index (χ3v) is 5.93. The summed E-state index contributed by atoms with van der Waals surface area (Å²) in [4.78, 5) is 4.58. The molecular weight excluding hydrogens is 442 g/mol. The van der Waals surface area contributed by atoms with Crippen molar-refractivity contribution in [2.75, 3.05) is 0 Å². The lowest BCUT2D eigenvalue weighted by molar-refractivity contribution is 0.252. The van der Waals surface area contributed by atoms with Crippen molar-refractivity contribution in [3.05, 3.63) is 81.1 Å². The molecule has 154 valence electrons. The fourth-order valence-corrected chi connectivity index (χ4v) is 4.04. The van der Waals surface area contributed by atoms with E-state index < -0.39 is 0 Å². The Morgan fingerprint density at radius 2 is 1.67 bits per heavy atom. The van der Waals surface area contributed by atoms with Gasteiger partial charge in [0.25, 0.3) is 11.1 Å². The van der Waals surface area contributed by atoms with Crippen LogP contribution in [-0.2, 0) is 19.0 Å². The van der Waals surface area contributed by atoms with Gasteiger partial charge in [0.15, 0.2) is 6.61 Å². The van der Waals surface area contributed by atoms with Crippen LogP contribution in [0.15, 0.2) is 63.6 Å². The van der Waals surface area contributed by atoms with E-state index >= 15 is 0 Å². The predicted octanol–water partition coefficient (Wildman–Crippen LogP) is 5.94. The molecule has 0 amide bonds. The molecule has 0 aliphatic carbocycles. The van der Waals surface area contributed by atoms with Gasteiger partial charge in [-0.05, 0) is 43.3 Å². The summed E-state index contributed by atoms with van der Waals surface area (Å²) in [5, 5.41) is 12.2. The lowest BCUT2D eigenvalue weighted by Gasteiger charge is -2.03. The highest BCUT2D eigenvalue weighted by Crippen LogP contribution is 2.24. The maximum Gasteiger partial charge on any atom is 0.277 e. The molecule has 0 unspecified atom stereocenters. The molecule has 2 heterocycles. The van der Waals surface area contributed by atoms with Crippen LogP contribution < -0.4 is 9.47 Å². The number of benzene rings is 2. The molecule has 0 saturated carbocycles. The lowest BCUT2D eigenvalue weighted by atomic mass is 10.2. The first kappa shape index (κ1) is 20.7. The Kier molecular flexibility index (Phi) is 6.88. The van der Waals surface area contributed by atoms with E-state index in [9.17, 15) is 0 Å². The minimum atomic E-state index is 0.236. The molecule has 4 rings (SSSR count). The number of rotatable bonds is 9. The van der Waals surface area contributed by atoms with Crippen LogP contribution in [-0.4, -0.2) is 15.2 Å². The normalized spacial score (nSPS) is 10.9. The molecule has 2 aromatic heterocycles. The number of hydrogen-bond donors (Lipinski definition) is 0. The Hall–Kier alpha value is -2.55. The second-order valence-electron chi connectivity index (χ2n) is 6.33. The molecule has 0 aliphatic rings. The topological polar surface area (TPSA) is 70.3 Å². The van der Waals surface area contributed by atoms with E-state index in [1.165, 1.54) is 17.3 Å². The molecule has 0 radical (unpaired) electrons. The third kappa shape index (κ3) is 5.98. The van der Waals surface area contributed by atoms with E-state index in [0.29, 0.717) is 28.5 Å². The highest BCUT2D eigenvalue weighted by atomic mass is 35.5. The summed E-state index contributed by atoms with van der Waals surface area (Å²) in [6.45, 7) is 2.68. The summed E-state index contributed by atoms with van der Waals surface area (Å²) >= 11 is 8.87. The van der Waals surface area contributed by atoms with Gasteiger partial charge in [0.1, 0.15) is 23.1 Å². The van der Waals surface area contributed by atoms with E-state index in [-0.39, 0.29) is 6.61 Å². The quantitative estimate of drug-likeness (QED) is 0.287. The fourth-order valence-electron chi connectivity index (χ4n) is 2.43. The SMILES string of the molecule is Cc1ccc(OCc2nnc(SCc3csc(COc4ccc(Cl)cc4)n3)o2)cc1. The van der Waals surface area contributed by atoms with Crippen molar-refractivity contribution in [2.45, 2.75) is 31.1 Å². The van der Waals surface area contributed by atoms with Crippen LogP contribution >= 0.6 is 34.7 Å². The van der Waals surface area contributed by atoms with Gasteiger partial charge in [0.2, 0.25) is 0 Å². The molecule has 9 heteroatoms. The molecular formula is C21H18ClN3O3S2. The first-order valence-electron chi connectivity index (χ1n) is 9.10. The minimum absolute atomic E-state index is 0.236. The van der Waals surface area contributed by atoms with Crippen LogP contribution in [0.1, 0.15) is 22.2 Å². The number of halogens is 1. The summed E-state index contributed by atoms with van der Waals surface area (Å²) in [6, 6.07) is 15.1. The Labute approximate surface area is 187 Å². The van der Waals surface area contributed by atoms with Crippen LogP contribution in [0.3, 0.4) is 0 Å². The predicted molar refractivity (Wildman–Crippen MR) is 117 cm³/mol. The molecule has 0 aliphatic heterocycles. The summed E-state index contributed by atoms with van der Waals surface area (Å²) in [6.07, 6.45) is 0. The molecule has 6 nitrogen and oxygen atoms in total. The average Bonchev–Trinajstić information content (AvgIpc) is 3.41. The van der Waals surface area contributed by atoms with Crippen molar-refractivity contribution in [2.24, 2.45) is 0 Å². The Morgan fingerprint density at radius 3 is 2.43 bits per heavy atom. The van der Waals surface area contributed by atoms with E-state index in [2.05, 4.69) is 15.2 Å². The molecule has 2 aromatic carbocycles. The molecule has 0 spiro atoms. The summed E-state index contributed by atoms with van der Waals surface area (Å²) in [5.41, 5.74) is 2.12. The maximum absolute atomic E-state index is 5.88. The monoisotopic (exact) mass is 459 g/mol. The number of aryl methyl sites for hydroxylation is 1. The van der Waals surface area contributed by atoms with Crippen molar-refractivity contribution in [3.8, 4) is 11.5 Å². The molecule has 0 fully saturated rings. The largest absolute Gasteiger partial charge is 0.486 e. The van der Waals surface area contributed by atoms with Crippen molar-refractivity contribution < 1.29 is 13.9 Å². The number of nitrogens with zero attached hydrogens (tertiary/aromatic N) is 3. The number of aromatic nitrogens is 3. The van der Waals surface area contributed by atoms with Crippen molar-refractivity contribution in [1.29, 1.82) is 0 Å². The van der Waals surface area contributed by atoms with Crippen molar-refractivity contribution in [3.63, 3.8) is 0 Å². The van der Waals surface area contributed by atoms with Gasteiger partial charge in [0, 0.05) is 16.2 Å². The smallest absolute Gasteiger partial charge is 0.277 e. The van der Waals surface area contributed by atoms with Crippen LogP contribution in [0.2, 0.25) is 5.02 Å². The van der Waals surface area contributed by atoms with Crippen LogP contribution in [0.25, 0.3) is 0 Å². The second-order valence-corrected chi connectivity index (χ2v) is 8.63. The van der Waals surface area contributed by atoms with E-state index in [0.717, 1.165) is 22.2 Å². The zero-order valence-corrected chi connectivity index (χ0v) is 18.5. The molecule has 4 aromatic rings. The first-order valence-corrected chi connectivity index (χ1v) is 11.3. The van der Waals surface area contributed by atoms with Crippen LogP contribution in [0.4, 0.5) is 0 Å². The van der Waals surface area contributed by atoms with Gasteiger partial charge in [0.05, 0.1) is 5.69 Å². The van der Waals surface area contributed by atoms with E-state index in [1.54, 1.807) is 23.5 Å².